The lowest BCUT2D eigenvalue weighted by molar-refractivity contribution is -0.120. The summed E-state index contributed by atoms with van der Waals surface area (Å²) in [5, 5.41) is 15.7. The Labute approximate surface area is 131 Å². The van der Waals surface area contributed by atoms with Crippen molar-refractivity contribution >= 4 is 11.6 Å². The molecule has 23 heavy (non-hydrogen) atoms. The highest BCUT2D eigenvalue weighted by atomic mass is 19.1. The predicted octanol–water partition coefficient (Wildman–Crippen LogP) is 1.70. The van der Waals surface area contributed by atoms with Crippen molar-refractivity contribution in [3.63, 3.8) is 0 Å². The van der Waals surface area contributed by atoms with Gasteiger partial charge in [0, 0.05) is 18.8 Å². The Balaban J connectivity index is 2.12. The molecule has 0 unspecified atom stereocenters. The Morgan fingerprint density at radius 3 is 3.00 bits per heavy atom. The second-order valence-corrected chi connectivity index (χ2v) is 4.89. The number of fused-ring (bicyclic) bond motifs is 1. The zero-order valence-electron chi connectivity index (χ0n) is 12.2. The quantitative estimate of drug-likeness (QED) is 0.798. The van der Waals surface area contributed by atoms with Crippen molar-refractivity contribution in [2.75, 3.05) is 7.05 Å². The summed E-state index contributed by atoms with van der Waals surface area (Å²) in [6.45, 7) is 0. The van der Waals surface area contributed by atoms with E-state index in [1.165, 1.54) is 23.8 Å². The zero-order valence-corrected chi connectivity index (χ0v) is 12.2. The topological polar surface area (TPSA) is 83.1 Å². The highest BCUT2D eigenvalue weighted by Gasteiger charge is 2.13. The largest absolute Gasteiger partial charge is 0.359 e. The SMILES string of the molecule is CNC(=O)Cc1cc(-c2ccnc3c(C#N)cnn23)ccc1F. The van der Waals surface area contributed by atoms with Gasteiger partial charge in [0.15, 0.2) is 5.65 Å². The Morgan fingerprint density at radius 1 is 1.43 bits per heavy atom. The number of halogens is 1. The number of nitrogens with one attached hydrogen (secondary N) is 1. The highest BCUT2D eigenvalue weighted by Crippen LogP contribution is 2.23. The summed E-state index contributed by atoms with van der Waals surface area (Å²) >= 11 is 0. The molecule has 7 heteroatoms. The number of aromatic nitrogens is 3. The lowest BCUT2D eigenvalue weighted by atomic mass is 10.0. The van der Waals surface area contributed by atoms with E-state index in [0.717, 1.165) is 0 Å². The molecule has 0 saturated carbocycles. The van der Waals surface area contributed by atoms with Crippen LogP contribution in [0.15, 0.2) is 36.7 Å². The molecule has 0 fully saturated rings. The normalized spacial score (nSPS) is 10.5. The average molecular weight is 309 g/mol. The van der Waals surface area contributed by atoms with Gasteiger partial charge in [-0.2, -0.15) is 10.4 Å². The van der Waals surface area contributed by atoms with E-state index in [1.807, 2.05) is 6.07 Å². The molecule has 1 N–H and O–H groups in total. The third-order valence-corrected chi connectivity index (χ3v) is 3.49. The van der Waals surface area contributed by atoms with E-state index in [0.29, 0.717) is 28.0 Å². The lowest BCUT2D eigenvalue weighted by Crippen LogP contribution is -2.20. The van der Waals surface area contributed by atoms with E-state index in [9.17, 15) is 9.18 Å². The van der Waals surface area contributed by atoms with Crippen LogP contribution in [-0.4, -0.2) is 27.6 Å². The number of carbonyl (C=O) groups excluding carboxylic acids is 1. The molecule has 0 radical (unpaired) electrons. The number of rotatable bonds is 3. The van der Waals surface area contributed by atoms with E-state index < -0.39 is 5.82 Å². The number of hydrogen-bond donors (Lipinski definition) is 1. The molecule has 0 aliphatic rings. The van der Waals surface area contributed by atoms with Crippen molar-refractivity contribution in [3.8, 4) is 17.3 Å². The van der Waals surface area contributed by atoms with Crippen LogP contribution in [0.25, 0.3) is 16.9 Å². The Bertz CT molecular complexity index is 941. The minimum atomic E-state index is -0.444. The standard InChI is InChI=1S/C16H12FN5O/c1-19-15(23)7-11-6-10(2-3-13(11)17)14-4-5-20-16-12(8-18)9-21-22(14)16/h2-6,9H,7H2,1H3,(H,19,23). The van der Waals surface area contributed by atoms with Crippen molar-refractivity contribution in [2.45, 2.75) is 6.42 Å². The van der Waals surface area contributed by atoms with Crippen molar-refractivity contribution in [1.82, 2.24) is 19.9 Å². The summed E-state index contributed by atoms with van der Waals surface area (Å²) in [7, 11) is 1.50. The molecular formula is C16H12FN5O. The third kappa shape index (κ3) is 2.62. The number of benzene rings is 1. The first-order valence-electron chi connectivity index (χ1n) is 6.86. The molecule has 0 aliphatic carbocycles. The maximum absolute atomic E-state index is 13.9. The van der Waals surface area contributed by atoms with Crippen molar-refractivity contribution in [2.24, 2.45) is 0 Å². The second kappa shape index (κ2) is 5.85. The molecule has 2 aromatic heterocycles. The van der Waals surface area contributed by atoms with Gasteiger partial charge in [0.1, 0.15) is 17.4 Å². The molecule has 0 saturated heterocycles. The van der Waals surface area contributed by atoms with Gasteiger partial charge in [0.2, 0.25) is 5.91 Å². The highest BCUT2D eigenvalue weighted by molar-refractivity contribution is 5.79. The van der Waals surface area contributed by atoms with Gasteiger partial charge >= 0.3 is 0 Å². The molecule has 3 rings (SSSR count). The maximum Gasteiger partial charge on any atom is 0.224 e. The summed E-state index contributed by atoms with van der Waals surface area (Å²) in [6, 6.07) is 8.27. The van der Waals surface area contributed by atoms with Gasteiger partial charge in [0.25, 0.3) is 0 Å². The van der Waals surface area contributed by atoms with Crippen molar-refractivity contribution in [1.29, 1.82) is 5.26 Å². The fraction of sp³-hybridized carbons (Fsp3) is 0.125. The number of amides is 1. The molecule has 0 aliphatic heterocycles. The van der Waals surface area contributed by atoms with Crippen molar-refractivity contribution in [3.05, 3.63) is 53.6 Å². The molecular weight excluding hydrogens is 297 g/mol. The van der Waals surface area contributed by atoms with Gasteiger partial charge in [-0.3, -0.25) is 4.79 Å². The first-order valence-corrected chi connectivity index (χ1v) is 6.86. The average Bonchev–Trinajstić information content (AvgIpc) is 3.00. The molecule has 114 valence electrons. The molecule has 3 aromatic rings. The molecule has 6 nitrogen and oxygen atoms in total. The first kappa shape index (κ1) is 14.7. The minimum absolute atomic E-state index is 0.0487. The van der Waals surface area contributed by atoms with Crippen LogP contribution in [-0.2, 0) is 11.2 Å². The molecule has 2 heterocycles. The number of carbonyl (C=O) groups is 1. The van der Waals surface area contributed by atoms with Crippen LogP contribution < -0.4 is 5.32 Å². The van der Waals surface area contributed by atoms with E-state index in [4.69, 9.17) is 5.26 Å². The molecule has 0 spiro atoms. The fourth-order valence-corrected chi connectivity index (χ4v) is 2.32. The Hall–Kier alpha value is -3.27. The first-order chi connectivity index (χ1) is 11.1. The summed E-state index contributed by atoms with van der Waals surface area (Å²) in [6.07, 6.45) is 2.95. The fourth-order valence-electron chi connectivity index (χ4n) is 2.32. The molecule has 1 amide bonds. The van der Waals surface area contributed by atoms with E-state index >= 15 is 0 Å². The monoisotopic (exact) mass is 309 g/mol. The van der Waals surface area contributed by atoms with Crippen LogP contribution >= 0.6 is 0 Å². The summed E-state index contributed by atoms with van der Waals surface area (Å²) in [5.74, 6) is -0.715. The second-order valence-electron chi connectivity index (χ2n) is 4.89. The number of likely N-dealkylation sites (N-methyl/N-ethyl adjacent to an activating group) is 1. The number of nitriles is 1. The van der Waals surface area contributed by atoms with Gasteiger partial charge in [-0.15, -0.1) is 0 Å². The summed E-state index contributed by atoms with van der Waals surface area (Å²) in [4.78, 5) is 15.6. The lowest BCUT2D eigenvalue weighted by Gasteiger charge is -2.08. The Kier molecular flexibility index (Phi) is 3.73. The smallest absolute Gasteiger partial charge is 0.224 e. The van der Waals surface area contributed by atoms with Crippen LogP contribution in [0.5, 0.6) is 0 Å². The van der Waals surface area contributed by atoms with Crippen LogP contribution in [0.4, 0.5) is 4.39 Å². The maximum atomic E-state index is 13.9. The van der Waals surface area contributed by atoms with Crippen LogP contribution in [0.2, 0.25) is 0 Å². The van der Waals surface area contributed by atoms with E-state index in [2.05, 4.69) is 15.4 Å². The molecule has 0 bridgehead atoms. The van der Waals surface area contributed by atoms with E-state index in [1.54, 1.807) is 24.4 Å². The number of hydrogen-bond acceptors (Lipinski definition) is 4. The third-order valence-electron chi connectivity index (χ3n) is 3.49. The van der Waals surface area contributed by atoms with Crippen LogP contribution in [0.3, 0.4) is 0 Å². The van der Waals surface area contributed by atoms with Gasteiger partial charge in [-0.25, -0.2) is 13.9 Å². The zero-order chi connectivity index (χ0) is 16.4. The molecule has 0 atom stereocenters. The Morgan fingerprint density at radius 2 is 2.26 bits per heavy atom. The predicted molar refractivity (Wildman–Crippen MR) is 80.9 cm³/mol. The number of nitrogens with zero attached hydrogens (tertiary/aromatic N) is 4. The van der Waals surface area contributed by atoms with Gasteiger partial charge in [0.05, 0.1) is 18.3 Å². The van der Waals surface area contributed by atoms with Gasteiger partial charge in [-0.1, -0.05) is 0 Å². The summed E-state index contributed by atoms with van der Waals surface area (Å²) < 4.78 is 15.4. The van der Waals surface area contributed by atoms with Crippen molar-refractivity contribution < 1.29 is 9.18 Å². The van der Waals surface area contributed by atoms with E-state index in [-0.39, 0.29) is 12.3 Å². The minimum Gasteiger partial charge on any atom is -0.359 e. The van der Waals surface area contributed by atoms with Gasteiger partial charge in [-0.05, 0) is 29.8 Å². The van der Waals surface area contributed by atoms with Crippen LogP contribution in [0.1, 0.15) is 11.1 Å². The summed E-state index contributed by atoms with van der Waals surface area (Å²) in [5.41, 5.74) is 2.43. The van der Waals surface area contributed by atoms with Gasteiger partial charge < -0.3 is 5.32 Å². The van der Waals surface area contributed by atoms with Crippen LogP contribution in [0, 0.1) is 17.1 Å². The molecule has 1 aromatic carbocycles.